The monoisotopic (exact) mass is 257 g/mol. The number of carbonyl (C=O) groups is 1. The normalized spacial score (nSPS) is 10.6. The first-order valence-electron chi connectivity index (χ1n) is 5.61. The van der Waals surface area contributed by atoms with Gasteiger partial charge in [0.05, 0.1) is 0 Å². The van der Waals surface area contributed by atoms with Crippen molar-refractivity contribution in [1.82, 2.24) is 4.98 Å². The maximum atomic E-state index is 12.8. The topological polar surface area (TPSA) is 68.0 Å². The summed E-state index contributed by atoms with van der Waals surface area (Å²) >= 11 is 0. The number of aromatic nitrogens is 1. The van der Waals surface area contributed by atoms with Gasteiger partial charge < -0.3 is 11.1 Å². The molecule has 0 aliphatic rings. The number of pyridine rings is 1. The number of nitrogens with zero attached hydrogens (tertiary/aromatic N) is 1. The standard InChI is InChI=1S/C14H12FN3O/c15-12-5-2-6-13(17-12)18-14(19)8-7-10-3-1-4-11(16)9-10/h1-9H,16H2,(H,17,18,19)/b8-7+. The Morgan fingerprint density at radius 2 is 2.05 bits per heavy atom. The molecule has 0 saturated heterocycles. The van der Waals surface area contributed by atoms with E-state index in [2.05, 4.69) is 10.3 Å². The molecule has 2 rings (SSSR count). The minimum atomic E-state index is -0.641. The minimum Gasteiger partial charge on any atom is -0.399 e. The third-order valence-electron chi connectivity index (χ3n) is 2.30. The molecule has 4 nitrogen and oxygen atoms in total. The SMILES string of the molecule is Nc1cccc(/C=C/C(=O)Nc2cccc(F)n2)c1. The Morgan fingerprint density at radius 1 is 1.26 bits per heavy atom. The van der Waals surface area contributed by atoms with Crippen LogP contribution in [0.2, 0.25) is 0 Å². The lowest BCUT2D eigenvalue weighted by molar-refractivity contribution is -0.111. The van der Waals surface area contributed by atoms with Crippen LogP contribution in [0.1, 0.15) is 5.56 Å². The van der Waals surface area contributed by atoms with Crippen molar-refractivity contribution in [2.45, 2.75) is 0 Å². The van der Waals surface area contributed by atoms with Crippen LogP contribution in [-0.4, -0.2) is 10.9 Å². The quantitative estimate of drug-likeness (QED) is 0.504. The third kappa shape index (κ3) is 3.92. The van der Waals surface area contributed by atoms with Gasteiger partial charge >= 0.3 is 0 Å². The summed E-state index contributed by atoms with van der Waals surface area (Å²) in [5, 5.41) is 2.46. The van der Waals surface area contributed by atoms with Crippen LogP contribution in [-0.2, 0) is 4.79 Å². The van der Waals surface area contributed by atoms with E-state index in [1.165, 1.54) is 24.3 Å². The molecule has 5 heteroatoms. The number of nitrogens with one attached hydrogen (secondary N) is 1. The van der Waals surface area contributed by atoms with Crippen LogP contribution in [0.15, 0.2) is 48.5 Å². The van der Waals surface area contributed by atoms with Crippen molar-refractivity contribution in [1.29, 1.82) is 0 Å². The van der Waals surface area contributed by atoms with E-state index >= 15 is 0 Å². The van der Waals surface area contributed by atoms with Crippen molar-refractivity contribution in [2.75, 3.05) is 11.1 Å². The summed E-state index contributed by atoms with van der Waals surface area (Å²) in [4.78, 5) is 15.1. The Bertz CT molecular complexity index is 626. The Balaban J connectivity index is 2.01. The van der Waals surface area contributed by atoms with E-state index in [1.807, 2.05) is 6.07 Å². The smallest absolute Gasteiger partial charge is 0.249 e. The van der Waals surface area contributed by atoms with E-state index in [0.29, 0.717) is 5.69 Å². The molecule has 0 radical (unpaired) electrons. The lowest BCUT2D eigenvalue weighted by atomic mass is 10.2. The number of rotatable bonds is 3. The molecule has 0 aliphatic heterocycles. The minimum absolute atomic E-state index is 0.169. The highest BCUT2D eigenvalue weighted by Crippen LogP contribution is 2.08. The number of amides is 1. The summed E-state index contributed by atoms with van der Waals surface area (Å²) in [5.41, 5.74) is 7.05. The highest BCUT2D eigenvalue weighted by Gasteiger charge is 2.00. The van der Waals surface area contributed by atoms with Crippen LogP contribution in [0.5, 0.6) is 0 Å². The van der Waals surface area contributed by atoms with Crippen LogP contribution in [0, 0.1) is 5.95 Å². The van der Waals surface area contributed by atoms with Crippen molar-refractivity contribution >= 4 is 23.5 Å². The molecule has 19 heavy (non-hydrogen) atoms. The summed E-state index contributed by atoms with van der Waals surface area (Å²) in [7, 11) is 0. The highest BCUT2D eigenvalue weighted by atomic mass is 19.1. The van der Waals surface area contributed by atoms with Crippen molar-refractivity contribution in [2.24, 2.45) is 0 Å². The molecular weight excluding hydrogens is 245 g/mol. The number of benzene rings is 1. The van der Waals surface area contributed by atoms with Gasteiger partial charge in [-0.3, -0.25) is 4.79 Å². The first-order chi connectivity index (χ1) is 9.13. The zero-order valence-corrected chi connectivity index (χ0v) is 10.0. The zero-order valence-electron chi connectivity index (χ0n) is 10.0. The van der Waals surface area contributed by atoms with Gasteiger partial charge in [0.2, 0.25) is 11.9 Å². The fourth-order valence-electron chi connectivity index (χ4n) is 1.48. The van der Waals surface area contributed by atoms with E-state index in [1.54, 1.807) is 24.3 Å². The maximum absolute atomic E-state index is 12.8. The van der Waals surface area contributed by atoms with E-state index in [0.717, 1.165) is 5.56 Å². The van der Waals surface area contributed by atoms with Gasteiger partial charge in [-0.1, -0.05) is 18.2 Å². The Labute approximate surface area is 109 Å². The van der Waals surface area contributed by atoms with Crippen LogP contribution in [0.3, 0.4) is 0 Å². The zero-order chi connectivity index (χ0) is 13.7. The number of hydrogen-bond donors (Lipinski definition) is 2. The number of nitrogens with two attached hydrogens (primary N) is 1. The molecule has 1 aromatic heterocycles. The molecule has 0 spiro atoms. The second-order valence-electron chi connectivity index (χ2n) is 3.84. The highest BCUT2D eigenvalue weighted by molar-refractivity contribution is 6.01. The lowest BCUT2D eigenvalue weighted by Crippen LogP contribution is -2.09. The molecule has 0 saturated carbocycles. The fourth-order valence-corrected chi connectivity index (χ4v) is 1.48. The van der Waals surface area contributed by atoms with Crippen LogP contribution in [0.25, 0.3) is 6.08 Å². The van der Waals surface area contributed by atoms with Crippen LogP contribution < -0.4 is 11.1 Å². The molecule has 0 bridgehead atoms. The van der Waals surface area contributed by atoms with Gasteiger partial charge in [0.1, 0.15) is 5.82 Å². The van der Waals surface area contributed by atoms with E-state index in [9.17, 15) is 9.18 Å². The van der Waals surface area contributed by atoms with E-state index < -0.39 is 5.95 Å². The van der Waals surface area contributed by atoms with E-state index in [4.69, 9.17) is 5.73 Å². The molecule has 3 N–H and O–H groups in total. The third-order valence-corrected chi connectivity index (χ3v) is 2.30. The van der Waals surface area contributed by atoms with Crippen LogP contribution >= 0.6 is 0 Å². The number of halogens is 1. The van der Waals surface area contributed by atoms with Gasteiger partial charge in [-0.15, -0.1) is 0 Å². The molecule has 1 heterocycles. The molecule has 0 unspecified atom stereocenters. The maximum Gasteiger partial charge on any atom is 0.249 e. The van der Waals surface area contributed by atoms with Crippen LogP contribution in [0.4, 0.5) is 15.9 Å². The molecule has 2 aromatic rings. The number of carbonyl (C=O) groups excluding carboxylic acids is 1. The molecule has 0 aliphatic carbocycles. The van der Waals surface area contributed by atoms with Gasteiger partial charge in [-0.05, 0) is 35.9 Å². The predicted octanol–water partition coefficient (Wildman–Crippen LogP) is 2.45. The van der Waals surface area contributed by atoms with Gasteiger partial charge in [0.25, 0.3) is 0 Å². The average molecular weight is 257 g/mol. The summed E-state index contributed by atoms with van der Waals surface area (Å²) < 4.78 is 12.8. The fraction of sp³-hybridized carbons (Fsp3) is 0. The molecule has 1 amide bonds. The first kappa shape index (κ1) is 12.8. The second-order valence-corrected chi connectivity index (χ2v) is 3.84. The number of anilines is 2. The molecule has 0 fully saturated rings. The number of hydrogen-bond acceptors (Lipinski definition) is 3. The average Bonchev–Trinajstić information content (AvgIpc) is 2.36. The summed E-state index contributed by atoms with van der Waals surface area (Å²) in [6, 6.07) is 11.3. The summed E-state index contributed by atoms with van der Waals surface area (Å²) in [5.74, 6) is -0.861. The van der Waals surface area contributed by atoms with Gasteiger partial charge in [-0.2, -0.15) is 4.39 Å². The Kier molecular flexibility index (Phi) is 3.87. The summed E-state index contributed by atoms with van der Waals surface area (Å²) in [6.45, 7) is 0. The van der Waals surface area contributed by atoms with Crippen molar-refractivity contribution in [3.8, 4) is 0 Å². The molecule has 0 atom stereocenters. The van der Waals surface area contributed by atoms with Crippen molar-refractivity contribution in [3.05, 3.63) is 60.1 Å². The van der Waals surface area contributed by atoms with Gasteiger partial charge in [0.15, 0.2) is 0 Å². The van der Waals surface area contributed by atoms with E-state index in [-0.39, 0.29) is 11.7 Å². The van der Waals surface area contributed by atoms with Crippen molar-refractivity contribution in [3.63, 3.8) is 0 Å². The molecule has 1 aromatic carbocycles. The van der Waals surface area contributed by atoms with Gasteiger partial charge in [-0.25, -0.2) is 4.98 Å². The summed E-state index contributed by atoms with van der Waals surface area (Å²) in [6.07, 6.45) is 2.95. The predicted molar refractivity (Wildman–Crippen MR) is 72.7 cm³/mol. The van der Waals surface area contributed by atoms with Crippen molar-refractivity contribution < 1.29 is 9.18 Å². The molecule has 96 valence electrons. The van der Waals surface area contributed by atoms with Gasteiger partial charge in [0, 0.05) is 11.8 Å². The second kappa shape index (κ2) is 5.77. The number of nitrogen functional groups attached to an aromatic ring is 1. The lowest BCUT2D eigenvalue weighted by Gasteiger charge is -2.00. The molecular formula is C14H12FN3O. The largest absolute Gasteiger partial charge is 0.399 e. The Morgan fingerprint density at radius 3 is 2.79 bits per heavy atom. The first-order valence-corrected chi connectivity index (χ1v) is 5.61. The Hall–Kier alpha value is -2.69.